The van der Waals surface area contributed by atoms with E-state index in [0.29, 0.717) is 22.4 Å². The van der Waals surface area contributed by atoms with Gasteiger partial charge in [0.05, 0.1) is 0 Å². The van der Waals surface area contributed by atoms with Gasteiger partial charge >= 0.3 is 0 Å². The summed E-state index contributed by atoms with van der Waals surface area (Å²) in [6, 6.07) is 12.0. The predicted octanol–water partition coefficient (Wildman–Crippen LogP) is 3.54. The summed E-state index contributed by atoms with van der Waals surface area (Å²) in [7, 11) is 3.68. The molecule has 1 aromatic carbocycles. The molecule has 22 heavy (non-hydrogen) atoms. The van der Waals surface area contributed by atoms with Crippen molar-refractivity contribution in [2.75, 3.05) is 24.3 Å². The molecule has 112 valence electrons. The SMILES string of the molecule is CN(C)c1ccc(/C=C(\C#N)C(=O)Nc2ccc(Cl)cc2)o1. The van der Waals surface area contributed by atoms with E-state index in [2.05, 4.69) is 5.32 Å². The molecule has 1 N–H and O–H groups in total. The fourth-order valence-corrected chi connectivity index (χ4v) is 1.81. The number of carbonyl (C=O) groups excluding carboxylic acids is 1. The molecular formula is C16H14ClN3O2. The van der Waals surface area contributed by atoms with Gasteiger partial charge in [0.1, 0.15) is 17.4 Å². The summed E-state index contributed by atoms with van der Waals surface area (Å²) in [6.45, 7) is 0. The Morgan fingerprint density at radius 1 is 1.27 bits per heavy atom. The van der Waals surface area contributed by atoms with E-state index < -0.39 is 5.91 Å². The average Bonchev–Trinajstić information content (AvgIpc) is 2.96. The van der Waals surface area contributed by atoms with E-state index in [9.17, 15) is 4.79 Å². The standard InChI is InChI=1S/C16H14ClN3O2/c1-20(2)15-8-7-14(22-15)9-11(10-18)16(21)19-13-5-3-12(17)4-6-13/h3-9H,1-2H3,(H,19,21)/b11-9+. The molecule has 2 aromatic rings. The number of halogens is 1. The zero-order valence-corrected chi connectivity index (χ0v) is 12.9. The molecule has 1 heterocycles. The van der Waals surface area contributed by atoms with E-state index in [-0.39, 0.29) is 5.57 Å². The van der Waals surface area contributed by atoms with Crippen LogP contribution in [-0.4, -0.2) is 20.0 Å². The minimum absolute atomic E-state index is 0.0467. The maximum absolute atomic E-state index is 12.1. The first-order chi connectivity index (χ1) is 10.5. The Hall–Kier alpha value is -2.71. The molecule has 0 saturated heterocycles. The van der Waals surface area contributed by atoms with E-state index in [4.69, 9.17) is 21.3 Å². The fourth-order valence-electron chi connectivity index (χ4n) is 1.68. The van der Waals surface area contributed by atoms with Crippen molar-refractivity contribution >= 4 is 35.2 Å². The molecule has 0 radical (unpaired) electrons. The van der Waals surface area contributed by atoms with Crippen LogP contribution >= 0.6 is 11.6 Å². The van der Waals surface area contributed by atoms with Crippen LogP contribution in [0.3, 0.4) is 0 Å². The van der Waals surface area contributed by atoms with E-state index in [1.165, 1.54) is 6.08 Å². The predicted molar refractivity (Wildman–Crippen MR) is 86.7 cm³/mol. The number of amides is 1. The number of furan rings is 1. The molecule has 0 saturated carbocycles. The number of hydrogen-bond acceptors (Lipinski definition) is 4. The maximum atomic E-state index is 12.1. The normalized spacial score (nSPS) is 10.9. The minimum Gasteiger partial charge on any atom is -0.441 e. The Morgan fingerprint density at radius 3 is 2.50 bits per heavy atom. The van der Waals surface area contributed by atoms with Gasteiger partial charge in [0.2, 0.25) is 0 Å². The second-order valence-electron chi connectivity index (χ2n) is 4.70. The quantitative estimate of drug-likeness (QED) is 0.692. The number of benzene rings is 1. The zero-order valence-electron chi connectivity index (χ0n) is 12.1. The van der Waals surface area contributed by atoms with E-state index in [0.717, 1.165) is 0 Å². The summed E-state index contributed by atoms with van der Waals surface area (Å²) in [4.78, 5) is 13.9. The highest BCUT2D eigenvalue weighted by Gasteiger charge is 2.11. The maximum Gasteiger partial charge on any atom is 0.266 e. The molecule has 1 aromatic heterocycles. The second kappa shape index (κ2) is 6.83. The van der Waals surface area contributed by atoms with E-state index in [1.807, 2.05) is 20.2 Å². The Kier molecular flexibility index (Phi) is 4.87. The van der Waals surface area contributed by atoms with Crippen LogP contribution in [0.15, 0.2) is 46.4 Å². The van der Waals surface area contributed by atoms with Crippen molar-refractivity contribution in [3.8, 4) is 6.07 Å². The zero-order chi connectivity index (χ0) is 16.1. The number of hydrogen-bond donors (Lipinski definition) is 1. The Balaban J connectivity index is 2.16. The molecule has 2 rings (SSSR count). The van der Waals surface area contributed by atoms with Gasteiger partial charge in [-0.25, -0.2) is 0 Å². The van der Waals surface area contributed by atoms with Gasteiger partial charge in [-0.2, -0.15) is 5.26 Å². The van der Waals surface area contributed by atoms with Crippen LogP contribution in [0.4, 0.5) is 11.6 Å². The Labute approximate surface area is 133 Å². The van der Waals surface area contributed by atoms with Gasteiger partial charge in [-0.1, -0.05) is 11.6 Å². The third-order valence-corrected chi connectivity index (χ3v) is 3.06. The molecule has 0 fully saturated rings. The summed E-state index contributed by atoms with van der Waals surface area (Å²) in [5, 5.41) is 12.3. The van der Waals surface area contributed by atoms with Crippen LogP contribution in [0.1, 0.15) is 5.76 Å². The molecule has 6 heteroatoms. The fraction of sp³-hybridized carbons (Fsp3) is 0.125. The molecule has 0 aliphatic heterocycles. The van der Waals surface area contributed by atoms with Gasteiger partial charge in [0.25, 0.3) is 5.91 Å². The molecule has 1 amide bonds. The van der Waals surface area contributed by atoms with Crippen molar-refractivity contribution < 1.29 is 9.21 Å². The van der Waals surface area contributed by atoms with Crippen LogP contribution < -0.4 is 10.2 Å². The third-order valence-electron chi connectivity index (χ3n) is 2.81. The lowest BCUT2D eigenvalue weighted by Gasteiger charge is -2.06. The lowest BCUT2D eigenvalue weighted by Crippen LogP contribution is -2.13. The van der Waals surface area contributed by atoms with Gasteiger partial charge in [-0.3, -0.25) is 4.79 Å². The van der Waals surface area contributed by atoms with Crippen LogP contribution in [0.25, 0.3) is 6.08 Å². The molecule has 0 unspecified atom stereocenters. The molecule has 0 bridgehead atoms. The van der Waals surface area contributed by atoms with Crippen molar-refractivity contribution in [3.63, 3.8) is 0 Å². The van der Waals surface area contributed by atoms with Crippen LogP contribution in [0, 0.1) is 11.3 Å². The number of anilines is 2. The number of nitrogens with one attached hydrogen (secondary N) is 1. The van der Waals surface area contributed by atoms with Gasteiger partial charge in [0, 0.05) is 36.9 Å². The van der Waals surface area contributed by atoms with Crippen molar-refractivity contribution in [1.82, 2.24) is 0 Å². The molecule has 0 spiro atoms. The topological polar surface area (TPSA) is 69.3 Å². The van der Waals surface area contributed by atoms with Gasteiger partial charge < -0.3 is 14.6 Å². The summed E-state index contributed by atoms with van der Waals surface area (Å²) >= 11 is 5.78. The summed E-state index contributed by atoms with van der Waals surface area (Å²) in [6.07, 6.45) is 1.40. The highest BCUT2D eigenvalue weighted by atomic mass is 35.5. The summed E-state index contributed by atoms with van der Waals surface area (Å²) in [5.74, 6) is 0.570. The van der Waals surface area contributed by atoms with Crippen LogP contribution in [0.2, 0.25) is 5.02 Å². The van der Waals surface area contributed by atoms with Gasteiger partial charge in [-0.05, 0) is 30.3 Å². The molecule has 0 atom stereocenters. The molecule has 0 aliphatic rings. The molecular weight excluding hydrogens is 302 g/mol. The molecule has 5 nitrogen and oxygen atoms in total. The Bertz CT molecular complexity index is 739. The summed E-state index contributed by atoms with van der Waals surface area (Å²) in [5.41, 5.74) is 0.513. The van der Waals surface area contributed by atoms with Crippen LogP contribution in [0.5, 0.6) is 0 Å². The minimum atomic E-state index is -0.507. The second-order valence-corrected chi connectivity index (χ2v) is 5.14. The first kappa shape index (κ1) is 15.7. The Morgan fingerprint density at radius 2 is 1.95 bits per heavy atom. The van der Waals surface area contributed by atoms with Crippen LogP contribution in [-0.2, 0) is 4.79 Å². The third kappa shape index (κ3) is 3.90. The van der Waals surface area contributed by atoms with Crippen molar-refractivity contribution in [2.45, 2.75) is 0 Å². The number of rotatable bonds is 4. The van der Waals surface area contributed by atoms with Crippen molar-refractivity contribution in [1.29, 1.82) is 5.26 Å². The average molecular weight is 316 g/mol. The van der Waals surface area contributed by atoms with Crippen molar-refractivity contribution in [2.24, 2.45) is 0 Å². The highest BCUT2D eigenvalue weighted by Crippen LogP contribution is 2.19. The lowest BCUT2D eigenvalue weighted by atomic mass is 10.2. The highest BCUT2D eigenvalue weighted by molar-refractivity contribution is 6.30. The number of nitrogens with zero attached hydrogens (tertiary/aromatic N) is 2. The molecule has 0 aliphatic carbocycles. The van der Waals surface area contributed by atoms with Gasteiger partial charge in [0.15, 0.2) is 5.88 Å². The van der Waals surface area contributed by atoms with E-state index in [1.54, 1.807) is 41.3 Å². The number of nitriles is 1. The van der Waals surface area contributed by atoms with E-state index >= 15 is 0 Å². The first-order valence-corrected chi connectivity index (χ1v) is 6.83. The van der Waals surface area contributed by atoms with Crippen molar-refractivity contribution in [3.05, 3.63) is 52.8 Å². The van der Waals surface area contributed by atoms with Gasteiger partial charge in [-0.15, -0.1) is 0 Å². The smallest absolute Gasteiger partial charge is 0.266 e. The lowest BCUT2D eigenvalue weighted by molar-refractivity contribution is -0.112. The largest absolute Gasteiger partial charge is 0.441 e. The summed E-state index contributed by atoms with van der Waals surface area (Å²) < 4.78 is 5.49. The monoisotopic (exact) mass is 315 g/mol. The number of carbonyl (C=O) groups is 1. The first-order valence-electron chi connectivity index (χ1n) is 6.45.